The Bertz CT molecular complexity index is 471. The molecule has 5 nitrogen and oxygen atoms in total. The lowest BCUT2D eigenvalue weighted by atomic mass is 10.1. The molecule has 2 rings (SSSR count). The van der Waals surface area contributed by atoms with Crippen LogP contribution >= 0.6 is 0 Å². The van der Waals surface area contributed by atoms with Gasteiger partial charge < -0.3 is 0 Å². The minimum Gasteiger partial charge on any atom is -0.270 e. The molecule has 0 unspecified atom stereocenters. The number of nitrogens with zero attached hydrogens (tertiary/aromatic N) is 5. The maximum absolute atomic E-state index is 4.20. The molecule has 0 bridgehead atoms. The summed E-state index contributed by atoms with van der Waals surface area (Å²) in [6, 6.07) is 2.04. The van der Waals surface area contributed by atoms with Crippen LogP contribution in [-0.4, -0.2) is 24.5 Å². The summed E-state index contributed by atoms with van der Waals surface area (Å²) in [5.74, 6) is 1.50. The average Bonchev–Trinajstić information content (AvgIpc) is 3.06. The van der Waals surface area contributed by atoms with Gasteiger partial charge in [-0.25, -0.2) is 4.98 Å². The fraction of sp³-hybridized carbons (Fsp3) is 0.688. The molecular formula is C16H29N5. The third-order valence-electron chi connectivity index (χ3n) is 3.25. The van der Waals surface area contributed by atoms with Crippen LogP contribution in [0.4, 0.5) is 0 Å². The minimum atomic E-state index is 0.740. The van der Waals surface area contributed by atoms with Crippen LogP contribution in [0.2, 0.25) is 0 Å². The summed E-state index contributed by atoms with van der Waals surface area (Å²) in [6.07, 6.45) is 7.56. The molecule has 0 aliphatic carbocycles. The third kappa shape index (κ3) is 7.63. The van der Waals surface area contributed by atoms with Gasteiger partial charge in [-0.15, -0.1) is 0 Å². The Morgan fingerprint density at radius 3 is 2.14 bits per heavy atom. The van der Waals surface area contributed by atoms with Crippen LogP contribution in [0.3, 0.4) is 0 Å². The number of rotatable bonds is 6. The summed E-state index contributed by atoms with van der Waals surface area (Å²) in [5, 5.41) is 8.20. The van der Waals surface area contributed by atoms with Gasteiger partial charge >= 0.3 is 0 Å². The fourth-order valence-corrected chi connectivity index (χ4v) is 1.75. The predicted octanol–water partition coefficient (Wildman–Crippen LogP) is 3.56. The summed E-state index contributed by atoms with van der Waals surface area (Å²) >= 11 is 0. The van der Waals surface area contributed by atoms with Crippen molar-refractivity contribution in [3.63, 3.8) is 0 Å². The van der Waals surface area contributed by atoms with Gasteiger partial charge in [-0.05, 0) is 37.7 Å². The molecule has 0 radical (unpaired) electrons. The van der Waals surface area contributed by atoms with Crippen molar-refractivity contribution in [2.75, 3.05) is 0 Å². The molecular weight excluding hydrogens is 262 g/mol. The molecule has 0 spiro atoms. The summed E-state index contributed by atoms with van der Waals surface area (Å²) in [5.41, 5.74) is 1.26. The van der Waals surface area contributed by atoms with E-state index in [2.05, 4.69) is 54.5 Å². The number of aromatic nitrogens is 5. The van der Waals surface area contributed by atoms with Crippen LogP contribution in [0.25, 0.3) is 0 Å². The second kappa shape index (κ2) is 9.32. The highest BCUT2D eigenvalue weighted by atomic mass is 15.3. The van der Waals surface area contributed by atoms with E-state index in [1.54, 1.807) is 12.7 Å². The zero-order valence-electron chi connectivity index (χ0n) is 14.0. The largest absolute Gasteiger partial charge is 0.270 e. The molecule has 2 aromatic heterocycles. The summed E-state index contributed by atoms with van der Waals surface area (Å²) < 4.78 is 3.92. The average molecular weight is 291 g/mol. The first-order valence-corrected chi connectivity index (χ1v) is 7.79. The minimum absolute atomic E-state index is 0.740. The molecule has 21 heavy (non-hydrogen) atoms. The Labute approximate surface area is 128 Å². The van der Waals surface area contributed by atoms with E-state index < -0.39 is 0 Å². The van der Waals surface area contributed by atoms with Crippen molar-refractivity contribution in [3.8, 4) is 0 Å². The Morgan fingerprint density at radius 1 is 1.00 bits per heavy atom. The molecule has 0 aromatic carbocycles. The maximum Gasteiger partial charge on any atom is 0.137 e. The Balaban J connectivity index is 0.000000211. The lowest BCUT2D eigenvalue weighted by molar-refractivity contribution is 0.480. The van der Waals surface area contributed by atoms with Gasteiger partial charge in [0.05, 0.1) is 0 Å². The molecule has 0 amide bonds. The van der Waals surface area contributed by atoms with E-state index in [0.717, 1.165) is 24.9 Å². The molecule has 5 heteroatoms. The maximum atomic E-state index is 4.20. The predicted molar refractivity (Wildman–Crippen MR) is 85.9 cm³/mol. The number of hydrogen-bond donors (Lipinski definition) is 0. The quantitative estimate of drug-likeness (QED) is 0.817. The molecule has 0 aliphatic heterocycles. The van der Waals surface area contributed by atoms with Gasteiger partial charge in [-0.2, -0.15) is 10.2 Å². The van der Waals surface area contributed by atoms with E-state index in [9.17, 15) is 0 Å². The summed E-state index contributed by atoms with van der Waals surface area (Å²) in [7, 11) is 0. The number of hydrogen-bond acceptors (Lipinski definition) is 3. The van der Waals surface area contributed by atoms with Crippen LogP contribution < -0.4 is 0 Å². The highest BCUT2D eigenvalue weighted by Gasteiger charge is 1.98. The molecule has 2 aromatic rings. The van der Waals surface area contributed by atoms with E-state index in [0.29, 0.717) is 0 Å². The van der Waals surface area contributed by atoms with Gasteiger partial charge in [0.25, 0.3) is 0 Å². The van der Waals surface area contributed by atoms with Crippen molar-refractivity contribution in [2.45, 2.75) is 60.5 Å². The normalized spacial score (nSPS) is 10.8. The van der Waals surface area contributed by atoms with Crippen molar-refractivity contribution in [1.29, 1.82) is 0 Å². The molecule has 0 aliphatic rings. The lowest BCUT2D eigenvalue weighted by Gasteiger charge is -2.05. The molecule has 0 fully saturated rings. The van der Waals surface area contributed by atoms with Crippen LogP contribution in [-0.2, 0) is 13.1 Å². The van der Waals surface area contributed by atoms with Crippen LogP contribution in [0.1, 0.15) is 46.2 Å². The molecule has 0 N–H and O–H groups in total. The van der Waals surface area contributed by atoms with Gasteiger partial charge in [-0.3, -0.25) is 9.36 Å². The van der Waals surface area contributed by atoms with E-state index >= 15 is 0 Å². The van der Waals surface area contributed by atoms with Crippen LogP contribution in [0.15, 0.2) is 24.9 Å². The smallest absolute Gasteiger partial charge is 0.137 e. The standard InChI is InChI=1S/C9H16N2.C7H13N3/c1-8(2)5-7-11-9(3)4-6-10-11;1-7(2)3-4-10-6-8-5-9-10/h4,6,8H,5,7H2,1-3H3;5-7H,3-4H2,1-2H3. The van der Waals surface area contributed by atoms with Gasteiger partial charge in [0.2, 0.25) is 0 Å². The van der Waals surface area contributed by atoms with Gasteiger partial charge in [-0.1, -0.05) is 27.7 Å². The van der Waals surface area contributed by atoms with Crippen molar-refractivity contribution >= 4 is 0 Å². The highest BCUT2D eigenvalue weighted by molar-refractivity contribution is 4.96. The van der Waals surface area contributed by atoms with Crippen LogP contribution in [0.5, 0.6) is 0 Å². The molecule has 0 saturated heterocycles. The first-order valence-electron chi connectivity index (χ1n) is 7.79. The third-order valence-corrected chi connectivity index (χ3v) is 3.25. The first-order chi connectivity index (χ1) is 9.99. The summed E-state index contributed by atoms with van der Waals surface area (Å²) in [4.78, 5) is 3.85. The Morgan fingerprint density at radius 2 is 1.67 bits per heavy atom. The zero-order chi connectivity index (χ0) is 15.7. The van der Waals surface area contributed by atoms with Gasteiger partial charge in [0, 0.05) is 25.0 Å². The molecule has 0 saturated carbocycles. The highest BCUT2D eigenvalue weighted by Crippen LogP contribution is 2.04. The lowest BCUT2D eigenvalue weighted by Crippen LogP contribution is -2.04. The van der Waals surface area contributed by atoms with Gasteiger partial charge in [0.1, 0.15) is 12.7 Å². The second-order valence-electron chi connectivity index (χ2n) is 6.22. The zero-order valence-corrected chi connectivity index (χ0v) is 14.0. The van der Waals surface area contributed by atoms with E-state index in [1.807, 2.05) is 16.9 Å². The number of aryl methyl sites for hydroxylation is 3. The Kier molecular flexibility index (Phi) is 7.72. The monoisotopic (exact) mass is 291 g/mol. The van der Waals surface area contributed by atoms with E-state index in [1.165, 1.54) is 18.5 Å². The Hall–Kier alpha value is -1.65. The topological polar surface area (TPSA) is 48.5 Å². The van der Waals surface area contributed by atoms with Crippen molar-refractivity contribution in [1.82, 2.24) is 24.5 Å². The summed E-state index contributed by atoms with van der Waals surface area (Å²) in [6.45, 7) is 13.0. The second-order valence-corrected chi connectivity index (χ2v) is 6.22. The fourth-order valence-electron chi connectivity index (χ4n) is 1.75. The van der Waals surface area contributed by atoms with Crippen molar-refractivity contribution < 1.29 is 0 Å². The van der Waals surface area contributed by atoms with Gasteiger partial charge in [0.15, 0.2) is 0 Å². The SMILES string of the molecule is CC(C)CCn1cncn1.Cc1ccnn1CCC(C)C. The first kappa shape index (κ1) is 17.4. The van der Waals surface area contributed by atoms with E-state index in [4.69, 9.17) is 0 Å². The van der Waals surface area contributed by atoms with Crippen molar-refractivity contribution in [3.05, 3.63) is 30.6 Å². The molecule has 118 valence electrons. The molecule has 0 atom stereocenters. The molecule has 2 heterocycles. The van der Waals surface area contributed by atoms with Crippen molar-refractivity contribution in [2.24, 2.45) is 11.8 Å². The van der Waals surface area contributed by atoms with E-state index in [-0.39, 0.29) is 0 Å². The van der Waals surface area contributed by atoms with Crippen LogP contribution in [0, 0.1) is 18.8 Å².